The van der Waals surface area contributed by atoms with Gasteiger partial charge in [0.1, 0.15) is 6.04 Å². The molecule has 0 aliphatic carbocycles. The molecule has 0 saturated carbocycles. The maximum absolute atomic E-state index is 12.9. The van der Waals surface area contributed by atoms with Crippen molar-refractivity contribution in [3.63, 3.8) is 0 Å². The van der Waals surface area contributed by atoms with Crippen molar-refractivity contribution in [2.75, 3.05) is 11.5 Å². The minimum absolute atomic E-state index is 0.138. The summed E-state index contributed by atoms with van der Waals surface area (Å²) in [4.78, 5) is 39.6. The molecule has 1 N–H and O–H groups in total. The highest BCUT2D eigenvalue weighted by molar-refractivity contribution is 7.99. The van der Waals surface area contributed by atoms with Crippen LogP contribution in [0.25, 0.3) is 0 Å². The molecule has 0 radical (unpaired) electrons. The molecule has 25 heavy (non-hydrogen) atoms. The fourth-order valence-electron chi connectivity index (χ4n) is 3.41. The molecule has 1 atom stereocenters. The van der Waals surface area contributed by atoms with E-state index >= 15 is 0 Å². The summed E-state index contributed by atoms with van der Waals surface area (Å²) in [6, 6.07) is 6.17. The van der Waals surface area contributed by atoms with Crippen molar-refractivity contribution in [3.05, 3.63) is 35.4 Å². The Morgan fingerprint density at radius 2 is 1.72 bits per heavy atom. The lowest BCUT2D eigenvalue weighted by molar-refractivity contribution is -0.126. The molecule has 5 nitrogen and oxygen atoms in total. The van der Waals surface area contributed by atoms with E-state index in [1.54, 1.807) is 24.3 Å². The van der Waals surface area contributed by atoms with Gasteiger partial charge in [0.2, 0.25) is 5.91 Å². The minimum atomic E-state index is -0.748. The van der Waals surface area contributed by atoms with Crippen LogP contribution < -0.4 is 5.32 Å². The number of nitrogens with one attached hydrogen (secondary N) is 1. The van der Waals surface area contributed by atoms with E-state index < -0.39 is 6.04 Å². The van der Waals surface area contributed by atoms with Crippen molar-refractivity contribution in [1.29, 1.82) is 0 Å². The Labute approximate surface area is 152 Å². The van der Waals surface area contributed by atoms with E-state index in [4.69, 9.17) is 0 Å². The molecule has 1 aromatic rings. The number of benzene rings is 1. The molecular formula is C19H24N2O3S. The van der Waals surface area contributed by atoms with Crippen molar-refractivity contribution in [1.82, 2.24) is 10.2 Å². The van der Waals surface area contributed by atoms with Crippen molar-refractivity contribution >= 4 is 29.5 Å². The highest BCUT2D eigenvalue weighted by Gasteiger charge is 2.43. The molecule has 134 valence electrons. The fourth-order valence-corrected chi connectivity index (χ4v) is 4.51. The lowest BCUT2D eigenvalue weighted by Crippen LogP contribution is -2.52. The van der Waals surface area contributed by atoms with Gasteiger partial charge in [-0.3, -0.25) is 19.3 Å². The molecule has 2 heterocycles. The van der Waals surface area contributed by atoms with Gasteiger partial charge in [0.25, 0.3) is 11.8 Å². The number of hydrogen-bond donors (Lipinski definition) is 1. The van der Waals surface area contributed by atoms with Crippen LogP contribution in [0, 0.1) is 5.92 Å². The van der Waals surface area contributed by atoms with Gasteiger partial charge in [0.15, 0.2) is 0 Å². The Kier molecular flexibility index (Phi) is 5.47. The van der Waals surface area contributed by atoms with Gasteiger partial charge in [-0.2, -0.15) is 11.8 Å². The van der Waals surface area contributed by atoms with Gasteiger partial charge in [-0.15, -0.1) is 0 Å². The quantitative estimate of drug-likeness (QED) is 0.820. The van der Waals surface area contributed by atoms with Gasteiger partial charge in [-0.25, -0.2) is 0 Å². The summed E-state index contributed by atoms with van der Waals surface area (Å²) >= 11 is 1.89. The molecule has 3 amide bonds. The zero-order chi connectivity index (χ0) is 18.0. The van der Waals surface area contributed by atoms with E-state index in [-0.39, 0.29) is 29.7 Å². The number of hydrogen-bond acceptors (Lipinski definition) is 4. The van der Waals surface area contributed by atoms with Crippen LogP contribution >= 0.6 is 11.8 Å². The Bertz CT molecular complexity index is 648. The average molecular weight is 360 g/mol. The number of fused-ring (bicyclic) bond motifs is 1. The molecule has 6 heteroatoms. The lowest BCUT2D eigenvalue weighted by Gasteiger charge is -2.30. The van der Waals surface area contributed by atoms with E-state index in [9.17, 15) is 14.4 Å². The monoisotopic (exact) mass is 360 g/mol. The molecule has 1 unspecified atom stereocenters. The largest absolute Gasteiger partial charge is 0.352 e. The zero-order valence-corrected chi connectivity index (χ0v) is 15.5. The Balaban J connectivity index is 1.82. The van der Waals surface area contributed by atoms with Crippen LogP contribution in [-0.2, 0) is 4.79 Å². The summed E-state index contributed by atoms with van der Waals surface area (Å²) in [5.41, 5.74) is 0.784. The van der Waals surface area contributed by atoms with E-state index in [2.05, 4.69) is 5.32 Å². The second kappa shape index (κ2) is 7.60. The van der Waals surface area contributed by atoms with E-state index in [1.807, 2.05) is 25.6 Å². The average Bonchev–Trinajstić information content (AvgIpc) is 2.85. The summed E-state index contributed by atoms with van der Waals surface area (Å²) in [6.07, 6.45) is 2.35. The number of nitrogens with zero attached hydrogens (tertiary/aromatic N) is 1. The maximum Gasteiger partial charge on any atom is 0.262 e. The summed E-state index contributed by atoms with van der Waals surface area (Å²) in [6.45, 7) is 3.99. The van der Waals surface area contributed by atoms with Crippen molar-refractivity contribution < 1.29 is 14.4 Å². The summed E-state index contributed by atoms with van der Waals surface area (Å²) < 4.78 is 0. The highest BCUT2D eigenvalue weighted by atomic mass is 32.2. The summed E-state index contributed by atoms with van der Waals surface area (Å²) in [7, 11) is 0. The first-order valence-corrected chi connectivity index (χ1v) is 9.99. The SMILES string of the molecule is CC(C)CC(C(=O)NC1CCSCC1)N1C(=O)c2ccccc2C1=O. The van der Waals surface area contributed by atoms with Crippen LogP contribution in [0.3, 0.4) is 0 Å². The van der Waals surface area contributed by atoms with Crippen LogP contribution in [0.4, 0.5) is 0 Å². The Morgan fingerprint density at radius 3 is 2.24 bits per heavy atom. The van der Waals surface area contributed by atoms with Crippen molar-refractivity contribution in [3.8, 4) is 0 Å². The minimum Gasteiger partial charge on any atom is -0.352 e. The zero-order valence-electron chi connectivity index (χ0n) is 14.7. The fraction of sp³-hybridized carbons (Fsp3) is 0.526. The van der Waals surface area contributed by atoms with Crippen LogP contribution in [0.1, 0.15) is 53.8 Å². The van der Waals surface area contributed by atoms with Gasteiger partial charge in [0.05, 0.1) is 11.1 Å². The standard InChI is InChI=1S/C19H24N2O3S/c1-12(2)11-16(17(22)20-13-7-9-25-10-8-13)21-18(23)14-5-3-4-6-15(14)19(21)24/h3-6,12-13,16H,7-11H2,1-2H3,(H,20,22). The van der Waals surface area contributed by atoms with Crippen LogP contribution in [0.5, 0.6) is 0 Å². The topological polar surface area (TPSA) is 66.5 Å². The first kappa shape index (κ1) is 18.0. The maximum atomic E-state index is 12.9. The third-order valence-corrected chi connectivity index (χ3v) is 5.75. The first-order chi connectivity index (χ1) is 12.0. The third kappa shape index (κ3) is 3.73. The van der Waals surface area contributed by atoms with Gasteiger partial charge in [0, 0.05) is 6.04 Å². The molecule has 2 aliphatic heterocycles. The molecule has 0 bridgehead atoms. The van der Waals surface area contributed by atoms with E-state index in [0.717, 1.165) is 29.2 Å². The van der Waals surface area contributed by atoms with Gasteiger partial charge < -0.3 is 5.32 Å². The molecule has 1 saturated heterocycles. The second-order valence-electron chi connectivity index (χ2n) is 7.07. The molecular weight excluding hydrogens is 336 g/mol. The summed E-state index contributed by atoms with van der Waals surface area (Å²) in [5, 5.41) is 3.07. The van der Waals surface area contributed by atoms with Crippen molar-refractivity contribution in [2.45, 2.75) is 45.2 Å². The number of amides is 3. The number of carbonyl (C=O) groups is 3. The Morgan fingerprint density at radius 1 is 1.16 bits per heavy atom. The van der Waals surface area contributed by atoms with Crippen molar-refractivity contribution in [2.24, 2.45) is 5.92 Å². The molecule has 2 aliphatic rings. The van der Waals surface area contributed by atoms with Gasteiger partial charge in [-0.05, 0) is 48.8 Å². The van der Waals surface area contributed by atoms with E-state index in [1.165, 1.54) is 0 Å². The Hall–Kier alpha value is -1.82. The normalized spacial score (nSPS) is 19.2. The van der Waals surface area contributed by atoms with Gasteiger partial charge >= 0.3 is 0 Å². The smallest absolute Gasteiger partial charge is 0.262 e. The summed E-state index contributed by atoms with van der Waals surface area (Å²) in [5.74, 6) is 1.34. The van der Waals surface area contributed by atoms with Crippen LogP contribution in [-0.4, -0.2) is 46.2 Å². The predicted octanol–water partition coefficient (Wildman–Crippen LogP) is 2.71. The first-order valence-electron chi connectivity index (χ1n) is 8.84. The van der Waals surface area contributed by atoms with Crippen LogP contribution in [0.2, 0.25) is 0 Å². The van der Waals surface area contributed by atoms with E-state index in [0.29, 0.717) is 17.5 Å². The third-order valence-electron chi connectivity index (χ3n) is 4.70. The highest BCUT2D eigenvalue weighted by Crippen LogP contribution is 2.27. The number of carbonyl (C=O) groups excluding carboxylic acids is 3. The second-order valence-corrected chi connectivity index (χ2v) is 8.29. The number of rotatable bonds is 5. The number of imide groups is 1. The lowest BCUT2D eigenvalue weighted by atomic mass is 10.0. The number of thioether (sulfide) groups is 1. The molecule has 0 aromatic heterocycles. The molecule has 3 rings (SSSR count). The molecule has 1 fully saturated rings. The predicted molar refractivity (Wildman–Crippen MR) is 98.7 cm³/mol. The molecule has 1 aromatic carbocycles. The molecule has 0 spiro atoms. The van der Waals surface area contributed by atoms with Gasteiger partial charge in [-0.1, -0.05) is 26.0 Å². The van der Waals surface area contributed by atoms with Crippen LogP contribution in [0.15, 0.2) is 24.3 Å².